The quantitative estimate of drug-likeness (QED) is 0.543. The number of rotatable bonds is 8. The number of ether oxygens (including phenoxy) is 2. The Morgan fingerprint density at radius 2 is 1.92 bits per heavy atom. The molecule has 200 valence electrons. The van der Waals surface area contributed by atoms with Crippen LogP contribution in [0, 0.1) is 11.6 Å². The highest BCUT2D eigenvalue weighted by molar-refractivity contribution is 6.05. The molecule has 1 saturated heterocycles. The van der Waals surface area contributed by atoms with Crippen LogP contribution in [0.15, 0.2) is 46.5 Å². The zero-order chi connectivity index (χ0) is 26.6. The number of fused-ring (bicyclic) bond motifs is 1. The number of aromatic nitrogens is 2. The number of halogens is 2. The molecule has 1 aromatic heterocycles. The molecule has 1 fully saturated rings. The number of allylic oxidation sites excluding steroid dienone is 2. The fourth-order valence-electron chi connectivity index (χ4n) is 4.81. The fraction of sp³-hybridized carbons (Fsp3) is 0.393. The molecule has 0 atom stereocenters. The highest BCUT2D eigenvalue weighted by Crippen LogP contribution is 2.36. The van der Waals surface area contributed by atoms with Crippen molar-refractivity contribution < 1.29 is 18.3 Å². The molecule has 1 aliphatic carbocycles. The summed E-state index contributed by atoms with van der Waals surface area (Å²) >= 11 is 0. The van der Waals surface area contributed by atoms with Gasteiger partial charge in [0, 0.05) is 63.1 Å². The van der Waals surface area contributed by atoms with Crippen LogP contribution in [-0.2, 0) is 11.2 Å². The molecule has 38 heavy (non-hydrogen) atoms. The molecule has 2 aromatic rings. The third-order valence-electron chi connectivity index (χ3n) is 6.76. The van der Waals surface area contributed by atoms with Crippen LogP contribution in [0.4, 0.5) is 20.4 Å². The lowest BCUT2D eigenvalue weighted by atomic mass is 10.1. The molecule has 0 saturated carbocycles. The van der Waals surface area contributed by atoms with Gasteiger partial charge in [0.2, 0.25) is 0 Å². The van der Waals surface area contributed by atoms with E-state index in [0.29, 0.717) is 42.6 Å². The van der Waals surface area contributed by atoms with Crippen LogP contribution < -0.4 is 15.0 Å². The van der Waals surface area contributed by atoms with Gasteiger partial charge in [-0.3, -0.25) is 9.89 Å². The van der Waals surface area contributed by atoms with Crippen LogP contribution >= 0.6 is 0 Å². The number of piperazine rings is 1. The van der Waals surface area contributed by atoms with Crippen molar-refractivity contribution >= 4 is 23.5 Å². The monoisotopic (exact) mass is 522 g/mol. The molecule has 8 nitrogen and oxygen atoms in total. The van der Waals surface area contributed by atoms with E-state index in [2.05, 4.69) is 30.1 Å². The number of hydrogen-bond acceptors (Lipinski definition) is 8. The number of methoxy groups -OCH3 is 1. The normalized spacial score (nSPS) is 17.5. The average Bonchev–Trinajstić information content (AvgIpc) is 3.52. The van der Waals surface area contributed by atoms with Crippen LogP contribution in [0.2, 0.25) is 0 Å². The maximum absolute atomic E-state index is 15.3. The Morgan fingerprint density at radius 1 is 1.11 bits per heavy atom. The molecule has 0 unspecified atom stereocenters. The third-order valence-corrected chi connectivity index (χ3v) is 6.76. The minimum atomic E-state index is -0.618. The average molecular weight is 523 g/mol. The molecule has 0 bridgehead atoms. The zero-order valence-corrected chi connectivity index (χ0v) is 21.9. The maximum Gasteiger partial charge on any atom is 0.326 e. The number of aliphatic imine (C=N–C) groups is 1. The standard InChI is InChI=1S/C28H32F2N6O2/c1-4-5-19-14-24(31-17-19)32-25-16-26(36-8-6-35(7-9-36)10-11-37-3)34-28(33-25)38-23-15-22(29)20-12-18(2)13-21(20)27(23)30/h4-5,13-16H,6-12,17H2,1-3H3,(H,31,32,33,34)/b5-4+. The van der Waals surface area contributed by atoms with Gasteiger partial charge in [0.05, 0.1) is 13.2 Å². The van der Waals surface area contributed by atoms with Gasteiger partial charge in [-0.2, -0.15) is 9.97 Å². The van der Waals surface area contributed by atoms with Crippen molar-refractivity contribution in [3.8, 4) is 11.8 Å². The second-order valence-corrected chi connectivity index (χ2v) is 9.59. The number of benzene rings is 1. The first-order valence-electron chi connectivity index (χ1n) is 12.8. The number of nitrogens with zero attached hydrogens (tertiary/aromatic N) is 5. The smallest absolute Gasteiger partial charge is 0.326 e. The molecular formula is C28H32F2N6O2. The van der Waals surface area contributed by atoms with Crippen molar-refractivity contribution in [3.63, 3.8) is 0 Å². The lowest BCUT2D eigenvalue weighted by molar-refractivity contribution is 0.144. The van der Waals surface area contributed by atoms with Crippen molar-refractivity contribution in [1.29, 1.82) is 0 Å². The van der Waals surface area contributed by atoms with Gasteiger partial charge in [-0.05, 0) is 31.9 Å². The molecule has 5 rings (SSSR count). The second kappa shape index (κ2) is 11.4. The Kier molecular flexibility index (Phi) is 7.80. The van der Waals surface area contributed by atoms with Gasteiger partial charge in [0.25, 0.3) is 0 Å². The van der Waals surface area contributed by atoms with Gasteiger partial charge in [-0.25, -0.2) is 8.78 Å². The van der Waals surface area contributed by atoms with E-state index < -0.39 is 11.6 Å². The van der Waals surface area contributed by atoms with E-state index in [-0.39, 0.29) is 17.3 Å². The van der Waals surface area contributed by atoms with E-state index in [9.17, 15) is 4.39 Å². The lowest BCUT2D eigenvalue weighted by Gasteiger charge is -2.35. The molecule has 1 aromatic carbocycles. The highest BCUT2D eigenvalue weighted by atomic mass is 19.1. The van der Waals surface area contributed by atoms with Crippen molar-refractivity contribution in [2.75, 3.05) is 63.2 Å². The van der Waals surface area contributed by atoms with Crippen LogP contribution in [0.25, 0.3) is 6.08 Å². The Bertz CT molecular complexity index is 1330. The van der Waals surface area contributed by atoms with Crippen molar-refractivity contribution in [2.45, 2.75) is 20.3 Å². The molecule has 10 heteroatoms. The van der Waals surface area contributed by atoms with E-state index >= 15 is 4.39 Å². The lowest BCUT2D eigenvalue weighted by Crippen LogP contribution is -2.47. The topological polar surface area (TPSA) is 75.1 Å². The Hall–Kier alpha value is -3.63. The first-order chi connectivity index (χ1) is 18.4. The summed E-state index contributed by atoms with van der Waals surface area (Å²) in [7, 11) is 1.70. The van der Waals surface area contributed by atoms with Gasteiger partial charge < -0.3 is 19.7 Å². The van der Waals surface area contributed by atoms with Crippen LogP contribution in [0.5, 0.6) is 11.8 Å². The van der Waals surface area contributed by atoms with Crippen LogP contribution in [0.1, 0.15) is 25.0 Å². The first-order valence-corrected chi connectivity index (χ1v) is 12.8. The number of nitrogens with one attached hydrogen (secondary N) is 1. The van der Waals surface area contributed by atoms with Gasteiger partial charge in [0.1, 0.15) is 23.3 Å². The van der Waals surface area contributed by atoms with E-state index in [4.69, 9.17) is 9.47 Å². The maximum atomic E-state index is 15.3. The molecule has 3 aliphatic rings. The van der Waals surface area contributed by atoms with Gasteiger partial charge in [-0.15, -0.1) is 0 Å². The summed E-state index contributed by atoms with van der Waals surface area (Å²) in [6.07, 6.45) is 7.95. The molecular weight excluding hydrogens is 490 g/mol. The predicted octanol–water partition coefficient (Wildman–Crippen LogP) is 4.60. The van der Waals surface area contributed by atoms with Gasteiger partial charge in [0.15, 0.2) is 11.6 Å². The summed E-state index contributed by atoms with van der Waals surface area (Å²) in [5.74, 6) is 0.390. The van der Waals surface area contributed by atoms with Crippen molar-refractivity contribution in [1.82, 2.24) is 14.9 Å². The molecule has 0 amide bonds. The molecule has 2 aliphatic heterocycles. The molecule has 1 N–H and O–H groups in total. The summed E-state index contributed by atoms with van der Waals surface area (Å²) in [5, 5.41) is 3.22. The Balaban J connectivity index is 1.42. The summed E-state index contributed by atoms with van der Waals surface area (Å²) in [4.78, 5) is 18.0. The highest BCUT2D eigenvalue weighted by Gasteiger charge is 2.25. The Morgan fingerprint density at radius 3 is 2.68 bits per heavy atom. The Labute approximate surface area is 221 Å². The van der Waals surface area contributed by atoms with Gasteiger partial charge in [-0.1, -0.05) is 23.8 Å². The summed E-state index contributed by atoms with van der Waals surface area (Å²) < 4.78 is 41.1. The largest absolute Gasteiger partial charge is 0.421 e. The van der Waals surface area contributed by atoms with Crippen LogP contribution in [-0.4, -0.2) is 73.7 Å². The predicted molar refractivity (Wildman–Crippen MR) is 145 cm³/mol. The summed E-state index contributed by atoms with van der Waals surface area (Å²) in [5.41, 5.74) is 2.54. The van der Waals surface area contributed by atoms with Crippen molar-refractivity contribution in [3.05, 3.63) is 64.3 Å². The second-order valence-electron chi connectivity index (χ2n) is 9.59. The number of anilines is 2. The van der Waals surface area contributed by atoms with Crippen molar-refractivity contribution in [2.24, 2.45) is 4.99 Å². The SMILES string of the molecule is C/C=C/C1=CC(Nc2cc(N3CCN(CCOC)CC3)nc(Oc3cc(F)c4c(c3F)C=C(C)C4)n2)=NC1. The molecule has 0 radical (unpaired) electrons. The van der Waals surface area contributed by atoms with E-state index in [1.54, 1.807) is 13.2 Å². The molecule has 0 spiro atoms. The third kappa shape index (κ3) is 5.76. The zero-order valence-electron chi connectivity index (χ0n) is 21.9. The summed E-state index contributed by atoms with van der Waals surface area (Å²) in [6.45, 7) is 9.13. The fourth-order valence-corrected chi connectivity index (χ4v) is 4.81. The van der Waals surface area contributed by atoms with Crippen LogP contribution in [0.3, 0.4) is 0 Å². The van der Waals surface area contributed by atoms with E-state index in [1.807, 2.05) is 38.1 Å². The first kappa shape index (κ1) is 26.0. The van der Waals surface area contributed by atoms with Gasteiger partial charge >= 0.3 is 6.01 Å². The number of amidine groups is 1. The van der Waals surface area contributed by atoms with E-state index in [0.717, 1.165) is 49.9 Å². The number of hydrogen-bond donors (Lipinski definition) is 1. The molecule has 3 heterocycles. The minimum Gasteiger partial charge on any atom is -0.421 e. The minimum absolute atomic E-state index is 0.0694. The summed E-state index contributed by atoms with van der Waals surface area (Å²) in [6, 6.07) is 2.83. The van der Waals surface area contributed by atoms with E-state index in [1.165, 1.54) is 0 Å².